The number of carbonyl (C=O) groups excluding carboxylic acids is 3. The molecule has 0 radical (unpaired) electrons. The van der Waals surface area contributed by atoms with Crippen LogP contribution in [0.25, 0.3) is 0 Å². The maximum absolute atomic E-state index is 12.9. The average Bonchev–Trinajstić information content (AvgIpc) is 3.28. The highest BCUT2D eigenvalue weighted by atomic mass is 32.1. The van der Waals surface area contributed by atoms with E-state index in [0.717, 1.165) is 0 Å². The number of unbranched alkanes of at least 4 members (excludes halogenated alkanes) is 1. The first-order chi connectivity index (χ1) is 16.1. The van der Waals surface area contributed by atoms with Gasteiger partial charge in [-0.2, -0.15) is 12.6 Å². The van der Waals surface area contributed by atoms with E-state index in [1.165, 1.54) is 12.5 Å². The van der Waals surface area contributed by atoms with Crippen LogP contribution < -0.4 is 27.4 Å². The van der Waals surface area contributed by atoms with Crippen LogP contribution >= 0.6 is 12.6 Å². The number of imidazole rings is 1. The van der Waals surface area contributed by atoms with E-state index in [1.807, 2.05) is 0 Å². The van der Waals surface area contributed by atoms with E-state index in [-0.39, 0.29) is 18.6 Å². The van der Waals surface area contributed by atoms with Crippen molar-refractivity contribution in [2.45, 2.75) is 56.3 Å². The second-order valence-electron chi connectivity index (χ2n) is 7.47. The molecule has 0 aliphatic rings. The standard InChI is InChI=1S/C19H31N7O7S/c20-4-2-1-3-12(24-16(29)11(21)5-10-7-22-9-23-10)17(30)25-13(6-15(27)28)18(31)26-14(8-34)19(32)33/h7,9,11-14,34H,1-6,8,20-21H2,(H,22,23)(H,24,29)(H,25,30)(H,26,31)(H,27,28)(H,32,33). The highest BCUT2D eigenvalue weighted by Gasteiger charge is 2.31. The first-order valence-corrected chi connectivity index (χ1v) is 11.1. The lowest BCUT2D eigenvalue weighted by Gasteiger charge is -2.24. The van der Waals surface area contributed by atoms with Crippen molar-refractivity contribution >= 4 is 42.3 Å². The van der Waals surface area contributed by atoms with E-state index in [4.69, 9.17) is 21.7 Å². The second kappa shape index (κ2) is 14.9. The van der Waals surface area contributed by atoms with Crippen LogP contribution in [0, 0.1) is 0 Å². The molecule has 0 aromatic carbocycles. The monoisotopic (exact) mass is 501 g/mol. The molecule has 14 nitrogen and oxygen atoms in total. The number of nitrogens with one attached hydrogen (secondary N) is 4. The Hall–Kier alpha value is -3.17. The Morgan fingerprint density at radius 3 is 2.15 bits per heavy atom. The predicted molar refractivity (Wildman–Crippen MR) is 123 cm³/mol. The number of H-pyrrole nitrogens is 1. The van der Waals surface area contributed by atoms with Crippen LogP contribution in [0.3, 0.4) is 0 Å². The van der Waals surface area contributed by atoms with E-state index in [1.54, 1.807) is 0 Å². The van der Waals surface area contributed by atoms with Gasteiger partial charge in [0.05, 0.1) is 18.8 Å². The number of aliphatic carboxylic acids is 2. The van der Waals surface area contributed by atoms with E-state index in [9.17, 15) is 24.0 Å². The Labute approximate surface area is 201 Å². The number of aromatic nitrogens is 2. The van der Waals surface area contributed by atoms with E-state index in [0.29, 0.717) is 25.1 Å². The number of amides is 3. The van der Waals surface area contributed by atoms with Crippen molar-refractivity contribution < 1.29 is 34.2 Å². The molecule has 0 aliphatic heterocycles. The van der Waals surface area contributed by atoms with Crippen molar-refractivity contribution in [3.05, 3.63) is 18.2 Å². The first kappa shape index (κ1) is 28.9. The number of hydrogen-bond acceptors (Lipinski definition) is 9. The molecule has 1 rings (SSSR count). The fourth-order valence-corrected chi connectivity index (χ4v) is 3.13. The lowest BCUT2D eigenvalue weighted by Crippen LogP contribution is -2.57. The van der Waals surface area contributed by atoms with Gasteiger partial charge in [0.25, 0.3) is 0 Å². The summed E-state index contributed by atoms with van der Waals surface area (Å²) in [5.74, 6) is -5.49. The minimum Gasteiger partial charge on any atom is -0.481 e. The van der Waals surface area contributed by atoms with Gasteiger partial charge in [-0.15, -0.1) is 0 Å². The molecule has 1 aromatic rings. The van der Waals surface area contributed by atoms with Crippen LogP contribution in [0.5, 0.6) is 0 Å². The number of aromatic amines is 1. The third-order valence-electron chi connectivity index (χ3n) is 4.72. The highest BCUT2D eigenvalue weighted by Crippen LogP contribution is 2.05. The van der Waals surface area contributed by atoms with Crippen LogP contribution in [-0.2, 0) is 30.4 Å². The summed E-state index contributed by atoms with van der Waals surface area (Å²) in [5, 5.41) is 25.1. The van der Waals surface area contributed by atoms with Gasteiger partial charge >= 0.3 is 11.9 Å². The predicted octanol–water partition coefficient (Wildman–Crippen LogP) is -2.65. The molecule has 0 bridgehead atoms. The molecule has 0 fully saturated rings. The SMILES string of the molecule is NCCCCC(NC(=O)C(N)Cc1cnc[nH]1)C(=O)NC(CC(=O)O)C(=O)NC(CS)C(=O)O. The molecule has 0 saturated carbocycles. The zero-order valence-corrected chi connectivity index (χ0v) is 19.3. The minimum atomic E-state index is -1.58. The lowest BCUT2D eigenvalue weighted by atomic mass is 10.1. The van der Waals surface area contributed by atoms with E-state index in [2.05, 4.69) is 38.5 Å². The summed E-state index contributed by atoms with van der Waals surface area (Å²) in [6.07, 6.45) is 3.43. The van der Waals surface area contributed by atoms with Gasteiger partial charge in [-0.05, 0) is 25.8 Å². The Morgan fingerprint density at radius 1 is 1.00 bits per heavy atom. The average molecular weight is 502 g/mol. The van der Waals surface area contributed by atoms with Gasteiger partial charge in [-0.25, -0.2) is 9.78 Å². The van der Waals surface area contributed by atoms with Crippen molar-refractivity contribution in [3.8, 4) is 0 Å². The van der Waals surface area contributed by atoms with Gasteiger partial charge in [0.15, 0.2) is 0 Å². The summed E-state index contributed by atoms with van der Waals surface area (Å²) in [6.45, 7) is 0.353. The third-order valence-corrected chi connectivity index (χ3v) is 5.09. The number of carbonyl (C=O) groups is 5. The molecule has 4 unspecified atom stereocenters. The second-order valence-corrected chi connectivity index (χ2v) is 7.84. The number of carboxylic acids is 2. The lowest BCUT2D eigenvalue weighted by molar-refractivity contribution is -0.143. The van der Waals surface area contributed by atoms with E-state index >= 15 is 0 Å². The summed E-state index contributed by atoms with van der Waals surface area (Å²) in [7, 11) is 0. The summed E-state index contributed by atoms with van der Waals surface area (Å²) in [4.78, 5) is 66.9. The third kappa shape index (κ3) is 10.2. The molecule has 10 N–H and O–H groups in total. The smallest absolute Gasteiger partial charge is 0.327 e. The largest absolute Gasteiger partial charge is 0.481 e. The number of carboxylic acid groups (broad SMARTS) is 2. The van der Waals surface area contributed by atoms with Crippen molar-refractivity contribution in [2.24, 2.45) is 11.5 Å². The van der Waals surface area contributed by atoms with Gasteiger partial charge in [-0.1, -0.05) is 0 Å². The van der Waals surface area contributed by atoms with Gasteiger partial charge in [0.2, 0.25) is 17.7 Å². The van der Waals surface area contributed by atoms with Crippen molar-refractivity contribution in [2.75, 3.05) is 12.3 Å². The van der Waals surface area contributed by atoms with E-state index < -0.39 is 60.2 Å². The molecule has 4 atom stereocenters. The fraction of sp³-hybridized carbons (Fsp3) is 0.579. The van der Waals surface area contributed by atoms with Crippen molar-refractivity contribution in [1.82, 2.24) is 25.9 Å². The van der Waals surface area contributed by atoms with Crippen molar-refractivity contribution in [1.29, 1.82) is 0 Å². The molecule has 0 saturated heterocycles. The molecular formula is C19H31N7O7S. The van der Waals surface area contributed by atoms with Crippen LogP contribution in [0.1, 0.15) is 31.4 Å². The Balaban J connectivity index is 2.92. The van der Waals surface area contributed by atoms with Gasteiger partial charge in [0, 0.05) is 24.1 Å². The number of nitrogens with two attached hydrogens (primary N) is 2. The number of rotatable bonds is 16. The van der Waals surface area contributed by atoms with Gasteiger partial charge in [-0.3, -0.25) is 19.2 Å². The minimum absolute atomic E-state index is 0.132. The topological polar surface area (TPSA) is 243 Å². The fourth-order valence-electron chi connectivity index (χ4n) is 2.88. The van der Waals surface area contributed by atoms with Gasteiger partial charge in [0.1, 0.15) is 18.1 Å². The molecule has 0 aliphatic carbocycles. The quantitative estimate of drug-likeness (QED) is 0.0841. The van der Waals surface area contributed by atoms with Gasteiger partial charge < -0.3 is 42.6 Å². The zero-order valence-electron chi connectivity index (χ0n) is 18.4. The molecule has 1 heterocycles. The Bertz CT molecular complexity index is 837. The summed E-state index contributed by atoms with van der Waals surface area (Å²) >= 11 is 3.83. The number of nitrogens with zero attached hydrogens (tertiary/aromatic N) is 1. The molecule has 0 spiro atoms. The molecule has 190 valence electrons. The Morgan fingerprint density at radius 2 is 1.62 bits per heavy atom. The first-order valence-electron chi connectivity index (χ1n) is 10.5. The zero-order chi connectivity index (χ0) is 25.7. The maximum atomic E-state index is 12.9. The highest BCUT2D eigenvalue weighted by molar-refractivity contribution is 7.80. The van der Waals surface area contributed by atoms with Crippen LogP contribution in [0.4, 0.5) is 0 Å². The van der Waals surface area contributed by atoms with Crippen LogP contribution in [0.15, 0.2) is 12.5 Å². The number of hydrogen-bond donors (Lipinski definition) is 9. The maximum Gasteiger partial charge on any atom is 0.327 e. The number of thiol groups is 1. The van der Waals surface area contributed by atoms with Crippen LogP contribution in [0.2, 0.25) is 0 Å². The van der Waals surface area contributed by atoms with Crippen LogP contribution in [-0.4, -0.2) is 86.3 Å². The molecular weight excluding hydrogens is 470 g/mol. The summed E-state index contributed by atoms with van der Waals surface area (Å²) in [5.41, 5.74) is 12.0. The molecule has 34 heavy (non-hydrogen) atoms. The molecule has 3 amide bonds. The molecule has 15 heteroatoms. The molecule has 1 aromatic heterocycles. The normalized spacial score (nSPS) is 14.3. The van der Waals surface area contributed by atoms with Crippen molar-refractivity contribution in [3.63, 3.8) is 0 Å². The Kier molecular flexibility index (Phi) is 12.6. The summed E-state index contributed by atoms with van der Waals surface area (Å²) < 4.78 is 0. The summed E-state index contributed by atoms with van der Waals surface area (Å²) in [6, 6.07) is -5.10.